The summed E-state index contributed by atoms with van der Waals surface area (Å²) in [6, 6.07) is 8.01. The number of para-hydroxylation sites is 2. The lowest BCUT2D eigenvalue weighted by molar-refractivity contribution is -0.121. The van der Waals surface area contributed by atoms with Gasteiger partial charge in [0.1, 0.15) is 18.7 Å². The number of H-pyrrole nitrogens is 1. The summed E-state index contributed by atoms with van der Waals surface area (Å²) in [7, 11) is 0. The molecule has 3 aromatic rings. The van der Waals surface area contributed by atoms with Crippen molar-refractivity contribution in [2.75, 3.05) is 12.3 Å². The Morgan fingerprint density at radius 2 is 2.25 bits per heavy atom. The van der Waals surface area contributed by atoms with Gasteiger partial charge in [-0.2, -0.15) is 5.10 Å². The van der Waals surface area contributed by atoms with E-state index in [2.05, 4.69) is 25.1 Å². The third-order valence-electron chi connectivity index (χ3n) is 3.98. The van der Waals surface area contributed by atoms with Crippen molar-refractivity contribution >= 4 is 28.7 Å². The van der Waals surface area contributed by atoms with E-state index in [0.717, 1.165) is 27.8 Å². The number of benzene rings is 1. The minimum Gasteiger partial charge on any atom is -0.354 e. The zero-order valence-electron chi connectivity index (χ0n) is 13.1. The summed E-state index contributed by atoms with van der Waals surface area (Å²) in [6.07, 6.45) is 3.81. The lowest BCUT2D eigenvalue weighted by Gasteiger charge is -2.09. The van der Waals surface area contributed by atoms with Crippen LogP contribution in [0.5, 0.6) is 0 Å². The molecule has 1 saturated carbocycles. The fourth-order valence-corrected chi connectivity index (χ4v) is 3.35. The van der Waals surface area contributed by atoms with Crippen LogP contribution in [0.25, 0.3) is 11.0 Å². The zero-order valence-corrected chi connectivity index (χ0v) is 13.9. The van der Waals surface area contributed by atoms with E-state index in [9.17, 15) is 4.79 Å². The van der Waals surface area contributed by atoms with Crippen molar-refractivity contribution in [1.82, 2.24) is 30.0 Å². The van der Waals surface area contributed by atoms with Crippen LogP contribution in [0, 0.1) is 0 Å². The summed E-state index contributed by atoms with van der Waals surface area (Å²) in [5, 5.41) is 10.3. The van der Waals surface area contributed by atoms with Crippen LogP contribution in [-0.2, 0) is 11.3 Å². The second-order valence-corrected chi connectivity index (χ2v) is 6.89. The van der Waals surface area contributed by atoms with Crippen molar-refractivity contribution in [2.24, 2.45) is 0 Å². The summed E-state index contributed by atoms with van der Waals surface area (Å²) in [6.45, 7) is 0.912. The molecule has 2 N–H and O–H groups in total. The van der Waals surface area contributed by atoms with E-state index in [-0.39, 0.29) is 5.91 Å². The molecule has 1 aliphatic rings. The fourth-order valence-electron chi connectivity index (χ4n) is 2.71. The minimum atomic E-state index is 0.0122. The third kappa shape index (κ3) is 3.28. The van der Waals surface area contributed by atoms with Crippen LogP contribution in [0.1, 0.15) is 24.6 Å². The second-order valence-electron chi connectivity index (χ2n) is 5.81. The Bertz CT molecular complexity index is 840. The van der Waals surface area contributed by atoms with Crippen molar-refractivity contribution < 1.29 is 4.79 Å². The van der Waals surface area contributed by atoms with Gasteiger partial charge < -0.3 is 9.88 Å². The Morgan fingerprint density at radius 3 is 3.04 bits per heavy atom. The number of aromatic amines is 1. The average molecular weight is 342 g/mol. The maximum atomic E-state index is 12.3. The van der Waals surface area contributed by atoms with Crippen LogP contribution in [-0.4, -0.2) is 42.9 Å². The number of thioether (sulfide) groups is 1. The smallest absolute Gasteiger partial charge is 0.240 e. The first-order valence-electron chi connectivity index (χ1n) is 8.01. The second kappa shape index (κ2) is 6.64. The van der Waals surface area contributed by atoms with Gasteiger partial charge in [0.2, 0.25) is 5.91 Å². The molecule has 124 valence electrons. The molecule has 0 atom stereocenters. The molecule has 8 heteroatoms. The first kappa shape index (κ1) is 15.2. The number of hydrogen-bond donors (Lipinski definition) is 2. The molecule has 2 aromatic heterocycles. The van der Waals surface area contributed by atoms with Gasteiger partial charge in [0, 0.05) is 18.2 Å². The number of nitrogens with one attached hydrogen (secondary N) is 2. The number of carbonyl (C=O) groups excluding carboxylic acids is 1. The highest BCUT2D eigenvalue weighted by Crippen LogP contribution is 2.40. The predicted octanol–water partition coefficient (Wildman–Crippen LogP) is 1.94. The fraction of sp³-hybridized carbons (Fsp3) is 0.375. The number of amides is 1. The van der Waals surface area contributed by atoms with Gasteiger partial charge in [-0.1, -0.05) is 23.9 Å². The van der Waals surface area contributed by atoms with Gasteiger partial charge in [0.25, 0.3) is 0 Å². The monoisotopic (exact) mass is 342 g/mol. The van der Waals surface area contributed by atoms with Crippen molar-refractivity contribution in [2.45, 2.75) is 30.5 Å². The van der Waals surface area contributed by atoms with E-state index in [1.54, 1.807) is 0 Å². The SMILES string of the molecule is O=C(Cn1c(C2CC2)nc2ccccc21)NCCSc1ncn[nH]1. The molecule has 0 unspecified atom stereocenters. The van der Waals surface area contributed by atoms with Crippen LogP contribution in [0.4, 0.5) is 0 Å². The van der Waals surface area contributed by atoms with E-state index in [1.807, 2.05) is 24.3 Å². The molecule has 1 aliphatic carbocycles. The topological polar surface area (TPSA) is 88.5 Å². The molecule has 4 rings (SSSR count). The highest BCUT2D eigenvalue weighted by Gasteiger charge is 2.30. The molecule has 0 aliphatic heterocycles. The average Bonchev–Trinajstić information content (AvgIpc) is 3.18. The van der Waals surface area contributed by atoms with Crippen molar-refractivity contribution in [3.63, 3.8) is 0 Å². The molecule has 0 bridgehead atoms. The van der Waals surface area contributed by atoms with Gasteiger partial charge in [-0.05, 0) is 25.0 Å². The Hall–Kier alpha value is -2.35. The summed E-state index contributed by atoms with van der Waals surface area (Å²) in [5.41, 5.74) is 2.00. The van der Waals surface area contributed by atoms with Crippen LogP contribution in [0.2, 0.25) is 0 Å². The number of fused-ring (bicyclic) bond motifs is 1. The summed E-state index contributed by atoms with van der Waals surface area (Å²) in [5.74, 6) is 2.31. The third-order valence-corrected chi connectivity index (χ3v) is 4.86. The van der Waals surface area contributed by atoms with Gasteiger partial charge in [-0.15, -0.1) is 0 Å². The number of rotatable bonds is 7. The molecular weight excluding hydrogens is 324 g/mol. The molecule has 0 saturated heterocycles. The van der Waals surface area contributed by atoms with E-state index in [0.29, 0.717) is 19.0 Å². The van der Waals surface area contributed by atoms with Crippen molar-refractivity contribution in [3.05, 3.63) is 36.4 Å². The molecule has 7 nitrogen and oxygen atoms in total. The molecule has 2 heterocycles. The molecule has 1 amide bonds. The maximum absolute atomic E-state index is 12.3. The number of hydrogen-bond acceptors (Lipinski definition) is 5. The number of nitrogens with zero attached hydrogens (tertiary/aromatic N) is 4. The maximum Gasteiger partial charge on any atom is 0.240 e. The van der Waals surface area contributed by atoms with Crippen LogP contribution >= 0.6 is 11.8 Å². The quantitative estimate of drug-likeness (QED) is 0.506. The van der Waals surface area contributed by atoms with Gasteiger partial charge in [0.15, 0.2) is 5.16 Å². The number of carbonyl (C=O) groups is 1. The Labute approximate surface area is 143 Å². The zero-order chi connectivity index (χ0) is 16.4. The number of imidazole rings is 1. The van der Waals surface area contributed by atoms with Gasteiger partial charge in [-0.3, -0.25) is 9.89 Å². The molecule has 24 heavy (non-hydrogen) atoms. The van der Waals surface area contributed by atoms with E-state index < -0.39 is 0 Å². The highest BCUT2D eigenvalue weighted by atomic mass is 32.2. The predicted molar refractivity (Wildman–Crippen MR) is 91.8 cm³/mol. The van der Waals surface area contributed by atoms with Gasteiger partial charge >= 0.3 is 0 Å². The first-order valence-corrected chi connectivity index (χ1v) is 9.00. The lowest BCUT2D eigenvalue weighted by atomic mass is 10.3. The minimum absolute atomic E-state index is 0.0122. The van der Waals surface area contributed by atoms with Crippen LogP contribution in [0.3, 0.4) is 0 Å². The Balaban J connectivity index is 1.38. The first-order chi connectivity index (χ1) is 11.8. The van der Waals surface area contributed by atoms with Crippen LogP contribution in [0.15, 0.2) is 35.7 Å². The van der Waals surface area contributed by atoms with Gasteiger partial charge in [-0.25, -0.2) is 9.97 Å². The molecular formula is C16H18N6OS. The van der Waals surface area contributed by atoms with Crippen LogP contribution < -0.4 is 5.32 Å². The number of aromatic nitrogens is 5. The molecule has 1 aromatic carbocycles. The van der Waals surface area contributed by atoms with Gasteiger partial charge in [0.05, 0.1) is 11.0 Å². The highest BCUT2D eigenvalue weighted by molar-refractivity contribution is 7.99. The Kier molecular flexibility index (Phi) is 4.20. The molecule has 0 spiro atoms. The summed E-state index contributed by atoms with van der Waals surface area (Å²) < 4.78 is 2.06. The van der Waals surface area contributed by atoms with E-state index in [1.165, 1.54) is 30.9 Å². The lowest BCUT2D eigenvalue weighted by Crippen LogP contribution is -2.30. The van der Waals surface area contributed by atoms with Crippen molar-refractivity contribution in [1.29, 1.82) is 0 Å². The molecule has 0 radical (unpaired) electrons. The Morgan fingerprint density at radius 1 is 1.38 bits per heavy atom. The largest absolute Gasteiger partial charge is 0.354 e. The van der Waals surface area contributed by atoms with E-state index in [4.69, 9.17) is 4.98 Å². The van der Waals surface area contributed by atoms with E-state index >= 15 is 0 Å². The molecule has 1 fully saturated rings. The summed E-state index contributed by atoms with van der Waals surface area (Å²) in [4.78, 5) is 21.1. The standard InChI is InChI=1S/C16H18N6OS/c23-14(17-7-8-24-16-18-10-19-21-16)9-22-13-4-2-1-3-12(13)20-15(22)11-5-6-11/h1-4,10-11H,5-9H2,(H,17,23)(H,18,19,21). The normalized spacial score (nSPS) is 14.2. The van der Waals surface area contributed by atoms with Crippen molar-refractivity contribution in [3.8, 4) is 0 Å². The summed E-state index contributed by atoms with van der Waals surface area (Å²) >= 11 is 1.53.